The Kier molecular flexibility index (Phi) is 36.1. The zero-order valence-electron chi connectivity index (χ0n) is 32.6. The fourth-order valence-corrected chi connectivity index (χ4v) is 6.48. The van der Waals surface area contributed by atoms with Crippen LogP contribution in [0.3, 0.4) is 0 Å². The summed E-state index contributed by atoms with van der Waals surface area (Å²) in [4.78, 5) is 34.9. The lowest BCUT2D eigenvalue weighted by molar-refractivity contribution is -0.161. The molecule has 0 radical (unpaired) electrons. The van der Waals surface area contributed by atoms with E-state index in [2.05, 4.69) is 30.5 Å². The van der Waals surface area contributed by atoms with Crippen LogP contribution in [-0.4, -0.2) is 65.7 Å². The number of hydrogen-bond donors (Lipinski definition) is 3. The Labute approximate surface area is 311 Å². The summed E-state index contributed by atoms with van der Waals surface area (Å²) >= 11 is 0. The molecule has 0 aliphatic carbocycles. The summed E-state index contributed by atoms with van der Waals surface area (Å²) in [6.45, 7) is 2.37. The summed E-state index contributed by atoms with van der Waals surface area (Å²) < 4.78 is 32.6. The van der Waals surface area contributed by atoms with Crippen LogP contribution in [0.1, 0.15) is 194 Å². The molecule has 0 rings (SSSR count). The van der Waals surface area contributed by atoms with Crippen molar-refractivity contribution < 1.29 is 47.8 Å². The minimum Gasteiger partial charge on any atom is -0.462 e. The van der Waals surface area contributed by atoms with Gasteiger partial charge in [0.15, 0.2) is 6.10 Å². The minimum absolute atomic E-state index is 0.181. The topological polar surface area (TPSA) is 149 Å². The summed E-state index contributed by atoms with van der Waals surface area (Å²) in [5, 5.41) is 18.3. The van der Waals surface area contributed by atoms with Crippen molar-refractivity contribution in [3.8, 4) is 0 Å². The van der Waals surface area contributed by atoms with E-state index in [4.69, 9.17) is 19.1 Å². The highest BCUT2D eigenvalue weighted by atomic mass is 31.2. The second kappa shape index (κ2) is 37.0. The van der Waals surface area contributed by atoms with Gasteiger partial charge in [-0.05, 0) is 38.5 Å². The van der Waals surface area contributed by atoms with Gasteiger partial charge in [0.1, 0.15) is 12.7 Å². The molecule has 3 atom stereocenters. The van der Waals surface area contributed by atoms with Gasteiger partial charge in [-0.2, -0.15) is 0 Å². The van der Waals surface area contributed by atoms with E-state index in [0.29, 0.717) is 12.8 Å². The first-order chi connectivity index (χ1) is 24.7. The van der Waals surface area contributed by atoms with Gasteiger partial charge >= 0.3 is 19.8 Å². The molecule has 0 saturated heterocycles. The first-order valence-electron chi connectivity index (χ1n) is 20.6. The Morgan fingerprint density at radius 1 is 0.569 bits per heavy atom. The lowest BCUT2D eigenvalue weighted by Crippen LogP contribution is -2.29. The van der Waals surface area contributed by atoms with Crippen LogP contribution in [0.2, 0.25) is 0 Å². The zero-order valence-corrected chi connectivity index (χ0v) is 33.5. The molecule has 0 aliphatic heterocycles. The first-order valence-corrected chi connectivity index (χ1v) is 22.1. The molecule has 0 heterocycles. The number of aliphatic hydroxyl groups excluding tert-OH is 2. The Morgan fingerprint density at radius 2 is 0.961 bits per heavy atom. The van der Waals surface area contributed by atoms with Crippen molar-refractivity contribution >= 4 is 19.8 Å². The van der Waals surface area contributed by atoms with Crippen LogP contribution in [0, 0.1) is 0 Å². The quantitative estimate of drug-likeness (QED) is 0.0240. The lowest BCUT2D eigenvalue weighted by Gasteiger charge is -2.20. The monoisotopic (exact) mass is 749 g/mol. The molecule has 0 bridgehead atoms. The van der Waals surface area contributed by atoms with E-state index in [0.717, 1.165) is 51.4 Å². The van der Waals surface area contributed by atoms with Gasteiger partial charge in [-0.3, -0.25) is 18.6 Å². The van der Waals surface area contributed by atoms with E-state index in [9.17, 15) is 24.2 Å². The van der Waals surface area contributed by atoms with Crippen LogP contribution >= 0.6 is 7.82 Å². The SMILES string of the molecule is CCCCCCC/C=C\CCCCCCCCC(=O)O[C@H](COC(=O)CCCCCCCCCCCCCCC)COP(=O)(O)OCC(O)CO. The van der Waals surface area contributed by atoms with Gasteiger partial charge in [0, 0.05) is 12.8 Å². The van der Waals surface area contributed by atoms with E-state index in [-0.39, 0.29) is 19.4 Å². The largest absolute Gasteiger partial charge is 0.472 e. The molecule has 3 N–H and O–H groups in total. The average molecular weight is 749 g/mol. The minimum atomic E-state index is -4.61. The predicted molar refractivity (Wildman–Crippen MR) is 205 cm³/mol. The van der Waals surface area contributed by atoms with Crippen molar-refractivity contribution in [2.45, 2.75) is 206 Å². The number of phosphoric ester groups is 1. The summed E-state index contributed by atoms with van der Waals surface area (Å²) in [6.07, 6.45) is 33.2. The number of ether oxygens (including phenoxy) is 2. The average Bonchev–Trinajstić information content (AvgIpc) is 3.12. The molecule has 0 spiro atoms. The third-order valence-corrected chi connectivity index (χ3v) is 9.87. The van der Waals surface area contributed by atoms with Crippen LogP contribution in [0.5, 0.6) is 0 Å². The lowest BCUT2D eigenvalue weighted by atomic mass is 10.0. The highest BCUT2D eigenvalue weighted by Crippen LogP contribution is 2.43. The van der Waals surface area contributed by atoms with E-state index in [1.165, 1.54) is 103 Å². The number of unbranched alkanes of at least 4 members (excludes halogenated alkanes) is 23. The molecule has 2 unspecified atom stereocenters. The summed E-state index contributed by atoms with van der Waals surface area (Å²) in [7, 11) is -4.61. The van der Waals surface area contributed by atoms with Crippen LogP contribution < -0.4 is 0 Å². The van der Waals surface area contributed by atoms with Crippen molar-refractivity contribution in [3.63, 3.8) is 0 Å². The zero-order chi connectivity index (χ0) is 37.7. The maximum Gasteiger partial charge on any atom is 0.472 e. The van der Waals surface area contributed by atoms with Crippen LogP contribution in [0.15, 0.2) is 12.2 Å². The third kappa shape index (κ3) is 36.8. The maximum absolute atomic E-state index is 12.6. The van der Waals surface area contributed by atoms with E-state index in [1.54, 1.807) is 0 Å². The molecule has 10 nitrogen and oxygen atoms in total. The predicted octanol–water partition coefficient (Wildman–Crippen LogP) is 10.4. The molecule has 0 aromatic carbocycles. The van der Waals surface area contributed by atoms with Crippen LogP contribution in [0.25, 0.3) is 0 Å². The number of phosphoric acid groups is 1. The summed E-state index contributed by atoms with van der Waals surface area (Å²) in [5.74, 6) is -0.924. The number of allylic oxidation sites excluding steroid dienone is 2. The van der Waals surface area contributed by atoms with Crippen molar-refractivity contribution in [3.05, 3.63) is 12.2 Å². The second-order valence-electron chi connectivity index (χ2n) is 14.0. The normalized spacial score (nSPS) is 14.1. The molecule has 11 heteroatoms. The third-order valence-electron chi connectivity index (χ3n) is 8.92. The van der Waals surface area contributed by atoms with E-state index in [1.807, 2.05) is 0 Å². The standard InChI is InChI=1S/C40H77O10P/c1-3-5-7-9-11-13-15-17-18-20-22-24-26-28-30-32-40(44)50-38(36-49-51(45,46)48-34-37(42)33-41)35-47-39(43)31-29-27-25-23-21-19-16-14-12-10-8-6-4-2/h15,17,37-38,41-42H,3-14,16,18-36H2,1-2H3,(H,45,46)/b17-15-/t37?,38-/m1/s1. The molecule has 0 aromatic rings. The van der Waals surface area contributed by atoms with Gasteiger partial charge in [0.25, 0.3) is 0 Å². The molecule has 0 aliphatic rings. The molecular formula is C40H77O10P. The van der Waals surface area contributed by atoms with Gasteiger partial charge in [-0.1, -0.05) is 154 Å². The number of esters is 2. The van der Waals surface area contributed by atoms with Gasteiger partial charge in [0.2, 0.25) is 0 Å². The fourth-order valence-electron chi connectivity index (χ4n) is 5.69. The highest BCUT2D eigenvalue weighted by Gasteiger charge is 2.27. The Morgan fingerprint density at radius 3 is 1.41 bits per heavy atom. The van der Waals surface area contributed by atoms with Crippen molar-refractivity contribution in [2.75, 3.05) is 26.4 Å². The van der Waals surface area contributed by atoms with Gasteiger partial charge < -0.3 is 24.6 Å². The van der Waals surface area contributed by atoms with E-state index < -0.39 is 51.8 Å². The smallest absolute Gasteiger partial charge is 0.462 e. The van der Waals surface area contributed by atoms with Crippen molar-refractivity contribution in [1.82, 2.24) is 0 Å². The number of rotatable bonds is 39. The molecule has 302 valence electrons. The maximum atomic E-state index is 12.6. The van der Waals surface area contributed by atoms with Gasteiger partial charge in [0.05, 0.1) is 19.8 Å². The molecule has 51 heavy (non-hydrogen) atoms. The van der Waals surface area contributed by atoms with Gasteiger partial charge in [-0.25, -0.2) is 4.57 Å². The Hall–Kier alpha value is -1.29. The van der Waals surface area contributed by atoms with Crippen LogP contribution in [-0.2, 0) is 32.7 Å². The molecule has 0 saturated carbocycles. The Balaban J connectivity index is 4.32. The molecule has 0 aromatic heterocycles. The summed E-state index contributed by atoms with van der Waals surface area (Å²) in [6, 6.07) is 0. The second-order valence-corrected chi connectivity index (χ2v) is 15.5. The van der Waals surface area contributed by atoms with Gasteiger partial charge in [-0.15, -0.1) is 0 Å². The number of carbonyl (C=O) groups is 2. The number of aliphatic hydroxyl groups is 2. The molecular weight excluding hydrogens is 671 g/mol. The highest BCUT2D eigenvalue weighted by molar-refractivity contribution is 7.47. The van der Waals surface area contributed by atoms with E-state index >= 15 is 0 Å². The Bertz CT molecular complexity index is 868. The fraction of sp³-hybridized carbons (Fsp3) is 0.900. The number of hydrogen-bond acceptors (Lipinski definition) is 9. The molecule has 0 amide bonds. The van der Waals surface area contributed by atoms with Crippen molar-refractivity contribution in [2.24, 2.45) is 0 Å². The summed E-state index contributed by atoms with van der Waals surface area (Å²) in [5.41, 5.74) is 0. The van der Waals surface area contributed by atoms with Crippen molar-refractivity contribution in [1.29, 1.82) is 0 Å². The molecule has 0 fully saturated rings. The number of carbonyl (C=O) groups excluding carboxylic acids is 2. The first kappa shape index (κ1) is 49.7. The van der Waals surface area contributed by atoms with Crippen LogP contribution in [0.4, 0.5) is 0 Å².